The number of nitrogen functional groups attached to an aromatic ring is 1. The normalized spacial score (nSPS) is 10.4. The van der Waals surface area contributed by atoms with Gasteiger partial charge in [-0.1, -0.05) is 0 Å². The number of benzene rings is 1. The molecular formula is C15H16N2O3S. The summed E-state index contributed by atoms with van der Waals surface area (Å²) in [4.78, 5) is 25.7. The summed E-state index contributed by atoms with van der Waals surface area (Å²) in [6.45, 7) is 4.19. The van der Waals surface area contributed by atoms with E-state index in [2.05, 4.69) is 0 Å². The first-order chi connectivity index (χ1) is 9.95. The van der Waals surface area contributed by atoms with Crippen LogP contribution in [-0.4, -0.2) is 23.5 Å². The second-order valence-corrected chi connectivity index (χ2v) is 5.48. The van der Waals surface area contributed by atoms with E-state index in [1.807, 2.05) is 25.3 Å². The molecular weight excluding hydrogens is 288 g/mol. The highest BCUT2D eigenvalue weighted by Crippen LogP contribution is 2.28. The number of aryl methyl sites for hydroxylation is 1. The minimum absolute atomic E-state index is 0.104. The average molecular weight is 304 g/mol. The number of amides is 1. The Morgan fingerprint density at radius 3 is 2.52 bits per heavy atom. The molecule has 2 aromatic rings. The monoisotopic (exact) mass is 304 g/mol. The van der Waals surface area contributed by atoms with Crippen LogP contribution in [-0.2, 0) is 0 Å². The lowest BCUT2D eigenvalue weighted by atomic mass is 10.1. The fourth-order valence-corrected chi connectivity index (χ4v) is 2.94. The predicted molar refractivity (Wildman–Crippen MR) is 84.2 cm³/mol. The van der Waals surface area contributed by atoms with Gasteiger partial charge in [-0.05, 0) is 49.1 Å². The fourth-order valence-electron chi connectivity index (χ4n) is 2.07. The summed E-state index contributed by atoms with van der Waals surface area (Å²) in [5.74, 6) is -1.17. The van der Waals surface area contributed by atoms with E-state index in [-0.39, 0.29) is 17.2 Å². The molecule has 0 atom stereocenters. The van der Waals surface area contributed by atoms with Gasteiger partial charge in [0.25, 0.3) is 5.91 Å². The van der Waals surface area contributed by atoms with Crippen LogP contribution in [0.4, 0.5) is 11.4 Å². The number of carbonyl (C=O) groups excluding carboxylic acids is 1. The Balaban J connectivity index is 2.40. The molecule has 0 spiro atoms. The molecule has 0 unspecified atom stereocenters. The van der Waals surface area contributed by atoms with Crippen molar-refractivity contribution in [1.82, 2.24) is 0 Å². The molecule has 0 saturated carbocycles. The first-order valence-corrected chi connectivity index (χ1v) is 7.32. The molecule has 3 N–H and O–H groups in total. The Bertz CT molecular complexity index is 694. The van der Waals surface area contributed by atoms with E-state index in [1.165, 1.54) is 23.5 Å². The van der Waals surface area contributed by atoms with Gasteiger partial charge < -0.3 is 15.7 Å². The minimum Gasteiger partial charge on any atom is -0.478 e. The molecule has 6 heteroatoms. The van der Waals surface area contributed by atoms with E-state index in [0.717, 1.165) is 5.56 Å². The Hall–Kier alpha value is -2.34. The average Bonchev–Trinajstić information content (AvgIpc) is 2.87. The van der Waals surface area contributed by atoms with E-state index < -0.39 is 5.97 Å². The van der Waals surface area contributed by atoms with Crippen molar-refractivity contribution in [3.8, 4) is 0 Å². The second kappa shape index (κ2) is 5.97. The highest BCUT2D eigenvalue weighted by molar-refractivity contribution is 7.12. The van der Waals surface area contributed by atoms with Crippen molar-refractivity contribution in [1.29, 1.82) is 0 Å². The van der Waals surface area contributed by atoms with E-state index >= 15 is 0 Å². The third-order valence-corrected chi connectivity index (χ3v) is 4.19. The predicted octanol–water partition coefficient (Wildman–Crippen LogP) is 3.00. The van der Waals surface area contributed by atoms with E-state index in [9.17, 15) is 9.59 Å². The van der Waals surface area contributed by atoms with Crippen LogP contribution in [0.2, 0.25) is 0 Å². The molecule has 0 aliphatic rings. The zero-order chi connectivity index (χ0) is 15.6. The van der Waals surface area contributed by atoms with E-state index in [4.69, 9.17) is 10.8 Å². The molecule has 0 aliphatic carbocycles. The zero-order valence-electron chi connectivity index (χ0n) is 11.8. The molecule has 1 aromatic carbocycles. The van der Waals surface area contributed by atoms with Crippen LogP contribution in [0.3, 0.4) is 0 Å². The second-order valence-electron chi connectivity index (χ2n) is 4.56. The Morgan fingerprint density at radius 2 is 2.05 bits per heavy atom. The van der Waals surface area contributed by atoms with Gasteiger partial charge >= 0.3 is 5.97 Å². The maximum atomic E-state index is 12.6. The van der Waals surface area contributed by atoms with E-state index in [1.54, 1.807) is 11.0 Å². The molecule has 110 valence electrons. The number of carboxylic acid groups (broad SMARTS) is 1. The van der Waals surface area contributed by atoms with Gasteiger partial charge in [0.2, 0.25) is 0 Å². The van der Waals surface area contributed by atoms with Gasteiger partial charge in [-0.3, -0.25) is 4.79 Å². The standard InChI is InChI=1S/C15H16N2O3S/c1-3-17(14(18)13-9(2)6-7-21-13)12-5-4-10(15(19)20)8-11(12)16/h4-8H,3,16H2,1-2H3,(H,19,20). The summed E-state index contributed by atoms with van der Waals surface area (Å²) in [7, 11) is 0. The number of nitrogens with two attached hydrogens (primary N) is 1. The van der Waals surface area contributed by atoms with Gasteiger partial charge in [-0.15, -0.1) is 11.3 Å². The van der Waals surface area contributed by atoms with Gasteiger partial charge in [-0.2, -0.15) is 0 Å². The van der Waals surface area contributed by atoms with Crippen LogP contribution in [0, 0.1) is 6.92 Å². The van der Waals surface area contributed by atoms with Crippen molar-refractivity contribution in [2.24, 2.45) is 0 Å². The molecule has 21 heavy (non-hydrogen) atoms. The highest BCUT2D eigenvalue weighted by Gasteiger charge is 2.21. The number of hydrogen-bond donors (Lipinski definition) is 2. The van der Waals surface area contributed by atoms with Gasteiger partial charge in [0, 0.05) is 6.54 Å². The maximum absolute atomic E-state index is 12.6. The topological polar surface area (TPSA) is 83.6 Å². The van der Waals surface area contributed by atoms with Gasteiger partial charge in [0.1, 0.15) is 0 Å². The van der Waals surface area contributed by atoms with Crippen molar-refractivity contribution >= 4 is 34.6 Å². The van der Waals surface area contributed by atoms with Gasteiger partial charge in [0.05, 0.1) is 21.8 Å². The number of carbonyl (C=O) groups is 2. The first kappa shape index (κ1) is 15.1. The number of anilines is 2. The SMILES string of the molecule is CCN(C(=O)c1sccc1C)c1ccc(C(=O)O)cc1N. The summed E-state index contributed by atoms with van der Waals surface area (Å²) in [5.41, 5.74) is 7.74. The van der Waals surface area contributed by atoms with Crippen LogP contribution >= 0.6 is 11.3 Å². The van der Waals surface area contributed by atoms with Crippen molar-refractivity contribution in [2.45, 2.75) is 13.8 Å². The number of hydrogen-bond acceptors (Lipinski definition) is 4. The first-order valence-electron chi connectivity index (χ1n) is 6.44. The summed E-state index contributed by atoms with van der Waals surface area (Å²) < 4.78 is 0. The fraction of sp³-hybridized carbons (Fsp3) is 0.200. The van der Waals surface area contributed by atoms with Gasteiger partial charge in [-0.25, -0.2) is 4.79 Å². The molecule has 0 saturated heterocycles. The third kappa shape index (κ3) is 2.90. The molecule has 1 heterocycles. The highest BCUT2D eigenvalue weighted by atomic mass is 32.1. The number of nitrogens with zero attached hydrogens (tertiary/aromatic N) is 1. The van der Waals surface area contributed by atoms with E-state index in [0.29, 0.717) is 17.1 Å². The summed E-state index contributed by atoms with van der Waals surface area (Å²) in [5, 5.41) is 10.8. The third-order valence-electron chi connectivity index (χ3n) is 3.18. The quantitative estimate of drug-likeness (QED) is 0.850. The largest absolute Gasteiger partial charge is 0.478 e. The van der Waals surface area contributed by atoms with Crippen molar-refractivity contribution in [2.75, 3.05) is 17.2 Å². The van der Waals surface area contributed by atoms with Crippen LogP contribution < -0.4 is 10.6 Å². The lowest BCUT2D eigenvalue weighted by Gasteiger charge is -2.22. The van der Waals surface area contributed by atoms with Crippen molar-refractivity contribution in [3.63, 3.8) is 0 Å². The number of aromatic carboxylic acids is 1. The summed E-state index contributed by atoms with van der Waals surface area (Å²) in [6.07, 6.45) is 0. The van der Waals surface area contributed by atoms with Crippen LogP contribution in [0.25, 0.3) is 0 Å². The lowest BCUT2D eigenvalue weighted by molar-refractivity contribution is 0.0697. The van der Waals surface area contributed by atoms with Crippen LogP contribution in [0.15, 0.2) is 29.6 Å². The molecule has 5 nitrogen and oxygen atoms in total. The van der Waals surface area contributed by atoms with Crippen LogP contribution in [0.1, 0.15) is 32.5 Å². The number of thiophene rings is 1. The summed E-state index contributed by atoms with van der Waals surface area (Å²) in [6, 6.07) is 6.28. The number of carboxylic acids is 1. The maximum Gasteiger partial charge on any atom is 0.335 e. The minimum atomic E-state index is -1.04. The molecule has 0 fully saturated rings. The summed E-state index contributed by atoms with van der Waals surface area (Å²) >= 11 is 1.38. The molecule has 1 amide bonds. The Morgan fingerprint density at radius 1 is 1.33 bits per heavy atom. The Labute approximate surface area is 126 Å². The molecule has 0 bridgehead atoms. The smallest absolute Gasteiger partial charge is 0.335 e. The van der Waals surface area contributed by atoms with Gasteiger partial charge in [0.15, 0.2) is 0 Å². The lowest BCUT2D eigenvalue weighted by Crippen LogP contribution is -2.31. The van der Waals surface area contributed by atoms with Crippen molar-refractivity contribution < 1.29 is 14.7 Å². The van der Waals surface area contributed by atoms with Crippen LogP contribution in [0.5, 0.6) is 0 Å². The molecule has 0 radical (unpaired) electrons. The molecule has 0 aliphatic heterocycles. The Kier molecular flexibility index (Phi) is 4.28. The van der Waals surface area contributed by atoms with Crippen molar-refractivity contribution in [3.05, 3.63) is 45.6 Å². The molecule has 2 rings (SSSR count). The molecule has 1 aromatic heterocycles. The zero-order valence-corrected chi connectivity index (χ0v) is 12.6. The number of rotatable bonds is 4.